The topological polar surface area (TPSA) is 121 Å². The highest BCUT2D eigenvalue weighted by atomic mass is 32.2. The number of alkyl halides is 4. The monoisotopic (exact) mass is 522 g/mol. The first-order chi connectivity index (χ1) is 17.1. The van der Waals surface area contributed by atoms with E-state index in [0.29, 0.717) is 27.4 Å². The average Bonchev–Trinajstić information content (AvgIpc) is 3.55. The summed E-state index contributed by atoms with van der Waals surface area (Å²) in [4.78, 5) is 25.1. The first-order valence-electron chi connectivity index (χ1n) is 11.2. The molecule has 1 amide bonds. The number of halogens is 4. The van der Waals surface area contributed by atoms with Crippen molar-refractivity contribution in [1.82, 2.24) is 30.5 Å². The van der Waals surface area contributed by atoms with Gasteiger partial charge in [0.2, 0.25) is 5.91 Å². The Balaban J connectivity index is 1.35. The highest BCUT2D eigenvalue weighted by Gasteiger charge is 2.58. The maximum Gasteiger partial charge on any atom is 0.397 e. The van der Waals surface area contributed by atoms with Crippen LogP contribution in [0.3, 0.4) is 0 Å². The second-order valence-corrected chi connectivity index (χ2v) is 9.90. The number of hydrogen-bond acceptors (Lipinski definition) is 8. The van der Waals surface area contributed by atoms with Gasteiger partial charge in [-0.05, 0) is 49.6 Å². The van der Waals surface area contributed by atoms with Gasteiger partial charge in [-0.15, -0.1) is 0 Å². The van der Waals surface area contributed by atoms with Crippen LogP contribution < -0.4 is 16.0 Å². The van der Waals surface area contributed by atoms with Gasteiger partial charge in [-0.1, -0.05) is 0 Å². The van der Waals surface area contributed by atoms with Crippen LogP contribution in [0.25, 0.3) is 0 Å². The first kappa shape index (κ1) is 24.4. The van der Waals surface area contributed by atoms with Crippen LogP contribution in [-0.4, -0.2) is 49.4 Å². The molecule has 4 heterocycles. The molecule has 36 heavy (non-hydrogen) atoms. The summed E-state index contributed by atoms with van der Waals surface area (Å²) in [5.74, 6) is -0.211. The molecule has 2 fully saturated rings. The summed E-state index contributed by atoms with van der Waals surface area (Å²) in [6, 6.07) is 5.90. The number of rotatable bonds is 8. The Bertz CT molecular complexity index is 1260. The average molecular weight is 523 g/mol. The molecule has 2 unspecified atom stereocenters. The van der Waals surface area contributed by atoms with Crippen LogP contribution in [0.2, 0.25) is 0 Å². The Morgan fingerprint density at radius 2 is 2.00 bits per heavy atom. The van der Waals surface area contributed by atoms with Crippen molar-refractivity contribution < 1.29 is 22.4 Å². The Labute approximate surface area is 207 Å². The normalized spacial score (nSPS) is 21.6. The lowest BCUT2D eigenvalue weighted by molar-refractivity contribution is -0.150. The SMILES string of the molecule is Cc1cc(Nc2cc(C3NCC3(F)C3CC3)nc(Sc3ccc(NC(=O)CC(F)(F)F)nc3)n2)n[nH]1. The van der Waals surface area contributed by atoms with Crippen molar-refractivity contribution in [2.24, 2.45) is 5.92 Å². The predicted octanol–water partition coefficient (Wildman–Crippen LogP) is 4.45. The molecule has 0 aromatic carbocycles. The molecule has 1 aliphatic heterocycles. The minimum atomic E-state index is -4.60. The van der Waals surface area contributed by atoms with Crippen molar-refractivity contribution in [1.29, 1.82) is 0 Å². The molecular formula is C22H22F4N8OS. The van der Waals surface area contributed by atoms with Crippen molar-refractivity contribution in [2.45, 2.75) is 54.1 Å². The standard InChI is InChI=1S/C22H22F4N8OS/c1-11-6-17(34-33-11)30-16-7-14(19-21(23,10-28-19)12-2-3-12)29-20(32-16)36-13-4-5-15(27-9-13)31-18(35)8-22(24,25)26/h4-7,9,12,19,28H,2-3,8,10H2,1H3,(H,27,31,35)(H2,29,30,32,33,34). The van der Waals surface area contributed by atoms with E-state index in [2.05, 4.69) is 41.1 Å². The predicted molar refractivity (Wildman–Crippen MR) is 124 cm³/mol. The van der Waals surface area contributed by atoms with Gasteiger partial charge < -0.3 is 16.0 Å². The Kier molecular flexibility index (Phi) is 6.32. The van der Waals surface area contributed by atoms with Crippen LogP contribution in [-0.2, 0) is 4.79 Å². The second kappa shape index (κ2) is 9.32. The van der Waals surface area contributed by atoms with E-state index in [4.69, 9.17) is 0 Å². The lowest BCUT2D eigenvalue weighted by atomic mass is 9.81. The molecule has 2 atom stereocenters. The molecule has 0 radical (unpaired) electrons. The molecule has 3 aromatic rings. The van der Waals surface area contributed by atoms with Gasteiger partial charge in [-0.2, -0.15) is 18.3 Å². The summed E-state index contributed by atoms with van der Waals surface area (Å²) in [6.45, 7) is 2.14. The van der Waals surface area contributed by atoms with Crippen molar-refractivity contribution in [3.8, 4) is 0 Å². The molecule has 0 bridgehead atoms. The van der Waals surface area contributed by atoms with Gasteiger partial charge in [0.15, 0.2) is 11.0 Å². The minimum absolute atomic E-state index is 0.00941. The molecule has 2 aliphatic rings. The fourth-order valence-corrected chi connectivity index (χ4v) is 4.74. The first-order valence-corrected chi connectivity index (χ1v) is 12.0. The van der Waals surface area contributed by atoms with Crippen LogP contribution in [0, 0.1) is 12.8 Å². The Morgan fingerprint density at radius 1 is 1.19 bits per heavy atom. The zero-order valence-corrected chi connectivity index (χ0v) is 19.8. The molecule has 14 heteroatoms. The number of anilines is 3. The van der Waals surface area contributed by atoms with E-state index in [1.165, 1.54) is 12.3 Å². The smallest absolute Gasteiger partial charge is 0.323 e. The van der Waals surface area contributed by atoms with E-state index in [1.807, 2.05) is 6.92 Å². The summed E-state index contributed by atoms with van der Waals surface area (Å²) in [5, 5.41) is 15.7. The van der Waals surface area contributed by atoms with Crippen LogP contribution in [0.1, 0.15) is 36.7 Å². The summed E-state index contributed by atoms with van der Waals surface area (Å²) in [6.07, 6.45) is -3.09. The molecule has 1 aliphatic carbocycles. The maximum atomic E-state index is 15.5. The number of H-pyrrole nitrogens is 1. The quantitative estimate of drug-likeness (QED) is 0.253. The summed E-state index contributed by atoms with van der Waals surface area (Å²) in [5.41, 5.74) is 0.00726. The van der Waals surface area contributed by atoms with Gasteiger partial charge in [0.25, 0.3) is 0 Å². The number of aromatic nitrogens is 5. The van der Waals surface area contributed by atoms with Gasteiger partial charge in [-0.25, -0.2) is 19.3 Å². The van der Waals surface area contributed by atoms with Crippen molar-refractivity contribution in [2.75, 3.05) is 17.2 Å². The number of aryl methyl sites for hydroxylation is 1. The third kappa shape index (κ3) is 5.59. The van der Waals surface area contributed by atoms with E-state index in [9.17, 15) is 18.0 Å². The highest BCUT2D eigenvalue weighted by molar-refractivity contribution is 7.99. The molecule has 0 spiro atoms. The molecule has 1 saturated carbocycles. The molecular weight excluding hydrogens is 500 g/mol. The van der Waals surface area contributed by atoms with Crippen LogP contribution in [0.15, 0.2) is 40.5 Å². The number of pyridine rings is 1. The number of nitrogens with zero attached hydrogens (tertiary/aromatic N) is 4. The lowest BCUT2D eigenvalue weighted by Gasteiger charge is -2.44. The summed E-state index contributed by atoms with van der Waals surface area (Å²) < 4.78 is 52.6. The van der Waals surface area contributed by atoms with E-state index in [0.717, 1.165) is 30.3 Å². The highest BCUT2D eigenvalue weighted by Crippen LogP contribution is 2.52. The number of carbonyl (C=O) groups excluding carboxylic acids is 1. The number of carbonyl (C=O) groups is 1. The molecule has 3 aromatic heterocycles. The van der Waals surface area contributed by atoms with E-state index in [-0.39, 0.29) is 18.3 Å². The largest absolute Gasteiger partial charge is 0.397 e. The number of amides is 1. The van der Waals surface area contributed by atoms with Gasteiger partial charge in [0, 0.05) is 35.5 Å². The van der Waals surface area contributed by atoms with E-state index in [1.54, 1.807) is 18.2 Å². The fraction of sp³-hybridized carbons (Fsp3) is 0.409. The molecule has 4 N–H and O–H groups in total. The summed E-state index contributed by atoms with van der Waals surface area (Å²) in [7, 11) is 0. The molecule has 5 rings (SSSR count). The van der Waals surface area contributed by atoms with Crippen molar-refractivity contribution >= 4 is 35.1 Å². The minimum Gasteiger partial charge on any atom is -0.323 e. The number of aromatic amines is 1. The third-order valence-corrected chi connectivity index (χ3v) is 6.71. The Hall–Kier alpha value is -3.26. The van der Waals surface area contributed by atoms with E-state index >= 15 is 4.39 Å². The van der Waals surface area contributed by atoms with Crippen LogP contribution in [0.5, 0.6) is 0 Å². The summed E-state index contributed by atoms with van der Waals surface area (Å²) >= 11 is 1.15. The zero-order valence-electron chi connectivity index (χ0n) is 19.0. The zero-order chi connectivity index (χ0) is 25.5. The Morgan fingerprint density at radius 3 is 2.58 bits per heavy atom. The lowest BCUT2D eigenvalue weighted by Crippen LogP contribution is -2.60. The number of hydrogen-bond donors (Lipinski definition) is 4. The molecule has 1 saturated heterocycles. The number of nitrogens with one attached hydrogen (secondary N) is 4. The van der Waals surface area contributed by atoms with E-state index < -0.39 is 30.2 Å². The van der Waals surface area contributed by atoms with Gasteiger partial charge >= 0.3 is 6.18 Å². The van der Waals surface area contributed by atoms with Crippen molar-refractivity contribution in [3.05, 3.63) is 41.9 Å². The maximum absolute atomic E-state index is 15.5. The molecule has 190 valence electrons. The van der Waals surface area contributed by atoms with Crippen LogP contribution >= 0.6 is 11.8 Å². The fourth-order valence-electron chi connectivity index (χ4n) is 4.00. The molecule has 9 nitrogen and oxygen atoms in total. The van der Waals surface area contributed by atoms with Gasteiger partial charge in [-0.3, -0.25) is 9.89 Å². The third-order valence-electron chi connectivity index (χ3n) is 5.87. The second-order valence-electron chi connectivity index (χ2n) is 8.86. The van der Waals surface area contributed by atoms with Crippen LogP contribution in [0.4, 0.5) is 35.0 Å². The van der Waals surface area contributed by atoms with Gasteiger partial charge in [0.05, 0.1) is 11.7 Å². The van der Waals surface area contributed by atoms with Crippen molar-refractivity contribution in [3.63, 3.8) is 0 Å². The van der Waals surface area contributed by atoms with Gasteiger partial charge in [0.1, 0.15) is 23.7 Å².